The predicted molar refractivity (Wildman–Crippen MR) is 170 cm³/mol. The maximum atomic E-state index is 17.2. The van der Waals surface area contributed by atoms with Crippen molar-refractivity contribution >= 4 is 17.5 Å². The molecule has 3 saturated heterocycles. The Kier molecular flexibility index (Phi) is 9.64. The van der Waals surface area contributed by atoms with E-state index >= 15 is 4.39 Å². The summed E-state index contributed by atoms with van der Waals surface area (Å²) in [5.74, 6) is -0.811. The Labute approximate surface area is 269 Å². The molecule has 0 bridgehead atoms. The fourth-order valence-corrected chi connectivity index (χ4v) is 7.33. The number of carbonyl (C=O) groups excluding carboxylic acids is 2. The number of amides is 2. The Hall–Kier alpha value is -3.34. The fraction of sp³-hybridized carbons (Fsp3) is 0.600. The first-order chi connectivity index (χ1) is 21.7. The number of benzene rings is 2. The molecule has 3 aliphatic heterocycles. The molecule has 2 amide bonds. The van der Waals surface area contributed by atoms with Crippen LogP contribution in [0.5, 0.6) is 5.75 Å². The lowest BCUT2D eigenvalue weighted by Crippen LogP contribution is -2.53. The summed E-state index contributed by atoms with van der Waals surface area (Å²) in [7, 11) is 3.16. The van der Waals surface area contributed by atoms with Gasteiger partial charge in [0.2, 0.25) is 11.6 Å². The highest BCUT2D eigenvalue weighted by atomic mass is 19.4. The molecule has 5 rings (SSSR count). The number of nitrogens with zero attached hydrogens (tertiary/aromatic N) is 3. The number of methoxy groups -OCH3 is 1. The lowest BCUT2D eigenvalue weighted by molar-refractivity contribution is -0.145. The van der Waals surface area contributed by atoms with Crippen molar-refractivity contribution in [3.05, 3.63) is 59.2 Å². The molecule has 252 valence electrons. The van der Waals surface area contributed by atoms with E-state index in [1.807, 2.05) is 42.7 Å². The average Bonchev–Trinajstić information content (AvgIpc) is 3.42. The molecule has 0 radical (unpaired) electrons. The van der Waals surface area contributed by atoms with Gasteiger partial charge in [-0.3, -0.25) is 14.5 Å². The second-order valence-corrected chi connectivity index (χ2v) is 14.0. The van der Waals surface area contributed by atoms with Crippen molar-refractivity contribution in [2.75, 3.05) is 58.3 Å². The first-order valence-corrected chi connectivity index (χ1v) is 16.2. The molecule has 3 fully saturated rings. The summed E-state index contributed by atoms with van der Waals surface area (Å²) in [4.78, 5) is 31.8. The van der Waals surface area contributed by atoms with Gasteiger partial charge in [0, 0.05) is 69.4 Å². The van der Waals surface area contributed by atoms with Crippen molar-refractivity contribution in [3.8, 4) is 5.75 Å². The molecule has 2 aromatic rings. The zero-order valence-corrected chi connectivity index (χ0v) is 27.4. The van der Waals surface area contributed by atoms with Crippen LogP contribution in [0.4, 0.5) is 23.2 Å². The number of halogens is 4. The Morgan fingerprint density at radius 1 is 0.935 bits per heavy atom. The number of rotatable bonds is 6. The van der Waals surface area contributed by atoms with Crippen LogP contribution in [0.2, 0.25) is 0 Å². The second kappa shape index (κ2) is 13.0. The van der Waals surface area contributed by atoms with E-state index in [0.717, 1.165) is 17.2 Å². The van der Waals surface area contributed by atoms with Gasteiger partial charge in [-0.15, -0.1) is 0 Å². The van der Waals surface area contributed by atoms with Crippen LogP contribution in [0.15, 0.2) is 42.5 Å². The molecule has 2 aromatic carbocycles. The summed E-state index contributed by atoms with van der Waals surface area (Å²) in [6.07, 6.45) is -2.33. The quantitative estimate of drug-likeness (QED) is 0.391. The minimum atomic E-state index is -4.48. The average molecular weight is 647 g/mol. The van der Waals surface area contributed by atoms with Crippen molar-refractivity contribution in [1.29, 1.82) is 0 Å². The van der Waals surface area contributed by atoms with Gasteiger partial charge in [0.1, 0.15) is 5.75 Å². The molecular formula is C35H46F4N4O3. The van der Waals surface area contributed by atoms with Gasteiger partial charge < -0.3 is 19.9 Å². The topological polar surface area (TPSA) is 65.1 Å². The number of ether oxygens (including phenoxy) is 1. The van der Waals surface area contributed by atoms with Crippen LogP contribution in [-0.4, -0.2) is 86.2 Å². The highest BCUT2D eigenvalue weighted by Crippen LogP contribution is 2.45. The molecule has 11 heteroatoms. The standard InChI is InChI=1S/C35H46F4N4O3/c1-33(2,3)43-21-29(24-6-9-27(46-5)10-7-24)34(36,22-43)32(45)42-18-12-23(13-19-42)28-11-8-26(35(37,38)39)20-30(28)41-16-14-25(15-17-41)31(44)40-4/h6-11,20,23,25,29H,12-19,21-22H2,1-5H3,(H,40,44)/t29-,34-/m0/s1. The number of piperidine rings is 2. The Bertz CT molecular complexity index is 1390. The Balaban J connectivity index is 1.35. The molecule has 0 aliphatic carbocycles. The zero-order chi connectivity index (χ0) is 33.4. The number of likely N-dealkylation sites (tertiary alicyclic amines) is 2. The van der Waals surface area contributed by atoms with Gasteiger partial charge in [-0.2, -0.15) is 13.2 Å². The Morgan fingerprint density at radius 2 is 1.57 bits per heavy atom. The molecular weight excluding hydrogens is 600 g/mol. The van der Waals surface area contributed by atoms with E-state index in [-0.39, 0.29) is 29.8 Å². The van der Waals surface area contributed by atoms with Gasteiger partial charge in [-0.1, -0.05) is 18.2 Å². The molecule has 0 aromatic heterocycles. The van der Waals surface area contributed by atoms with Crippen LogP contribution in [0, 0.1) is 5.92 Å². The van der Waals surface area contributed by atoms with Gasteiger partial charge in [-0.05, 0) is 87.8 Å². The zero-order valence-electron chi connectivity index (χ0n) is 27.4. The molecule has 46 heavy (non-hydrogen) atoms. The third kappa shape index (κ3) is 6.85. The van der Waals surface area contributed by atoms with Crippen molar-refractivity contribution in [3.63, 3.8) is 0 Å². The highest BCUT2D eigenvalue weighted by molar-refractivity contribution is 5.87. The molecule has 3 aliphatic rings. The summed E-state index contributed by atoms with van der Waals surface area (Å²) in [6, 6.07) is 11.1. The summed E-state index contributed by atoms with van der Waals surface area (Å²) in [5, 5.41) is 2.67. The normalized spacial score (nSPS) is 23.9. The first-order valence-electron chi connectivity index (χ1n) is 16.2. The van der Waals surface area contributed by atoms with Gasteiger partial charge in [-0.25, -0.2) is 4.39 Å². The number of carbonyl (C=O) groups is 2. The van der Waals surface area contributed by atoms with E-state index < -0.39 is 29.2 Å². The van der Waals surface area contributed by atoms with Crippen LogP contribution < -0.4 is 15.0 Å². The highest BCUT2D eigenvalue weighted by Gasteiger charge is 2.57. The van der Waals surface area contributed by atoms with E-state index in [1.54, 1.807) is 37.3 Å². The van der Waals surface area contributed by atoms with Crippen LogP contribution in [0.3, 0.4) is 0 Å². The third-order valence-electron chi connectivity index (χ3n) is 10.2. The lowest BCUT2D eigenvalue weighted by Gasteiger charge is -2.39. The van der Waals surface area contributed by atoms with Crippen LogP contribution in [0.1, 0.15) is 75.0 Å². The number of alkyl halides is 4. The molecule has 0 spiro atoms. The minimum absolute atomic E-state index is 0.0129. The van der Waals surface area contributed by atoms with Gasteiger partial charge in [0.15, 0.2) is 0 Å². The molecule has 1 N–H and O–H groups in total. The smallest absolute Gasteiger partial charge is 0.416 e. The molecule has 2 atom stereocenters. The third-order valence-corrected chi connectivity index (χ3v) is 10.2. The van der Waals surface area contributed by atoms with E-state index in [1.165, 1.54) is 6.07 Å². The minimum Gasteiger partial charge on any atom is -0.497 e. The summed E-state index contributed by atoms with van der Waals surface area (Å²) >= 11 is 0. The Morgan fingerprint density at radius 3 is 2.11 bits per heavy atom. The predicted octanol–water partition coefficient (Wildman–Crippen LogP) is 5.99. The largest absolute Gasteiger partial charge is 0.497 e. The van der Waals surface area contributed by atoms with Crippen LogP contribution >= 0.6 is 0 Å². The maximum Gasteiger partial charge on any atom is 0.416 e. The van der Waals surface area contributed by atoms with E-state index in [0.29, 0.717) is 69.8 Å². The van der Waals surface area contributed by atoms with Crippen molar-refractivity contribution < 1.29 is 31.9 Å². The molecule has 0 saturated carbocycles. The van der Waals surface area contributed by atoms with Gasteiger partial charge >= 0.3 is 6.18 Å². The molecule has 0 unspecified atom stereocenters. The first kappa shape index (κ1) is 34.0. The second-order valence-electron chi connectivity index (χ2n) is 14.0. The molecule has 7 nitrogen and oxygen atoms in total. The van der Waals surface area contributed by atoms with Crippen LogP contribution in [-0.2, 0) is 15.8 Å². The van der Waals surface area contributed by atoms with E-state index in [2.05, 4.69) is 5.32 Å². The van der Waals surface area contributed by atoms with Crippen molar-refractivity contribution in [2.24, 2.45) is 5.92 Å². The maximum absolute atomic E-state index is 17.2. The SMILES string of the molecule is CNC(=O)C1CCN(c2cc(C(F)(F)F)ccc2C2CCN(C(=O)[C@]3(F)CN(C(C)(C)C)C[C@H]3c3ccc(OC)cc3)CC2)CC1. The lowest BCUT2D eigenvalue weighted by atomic mass is 9.83. The number of hydrogen-bond acceptors (Lipinski definition) is 5. The van der Waals surface area contributed by atoms with E-state index in [9.17, 15) is 22.8 Å². The van der Waals surface area contributed by atoms with Gasteiger partial charge in [0.05, 0.1) is 12.7 Å². The summed E-state index contributed by atoms with van der Waals surface area (Å²) in [5.41, 5.74) is -1.07. The number of nitrogens with one attached hydrogen (secondary N) is 1. The number of hydrogen-bond donors (Lipinski definition) is 1. The monoisotopic (exact) mass is 646 g/mol. The van der Waals surface area contributed by atoms with Crippen molar-refractivity contribution in [2.45, 2.75) is 75.7 Å². The summed E-state index contributed by atoms with van der Waals surface area (Å²) in [6.45, 7) is 8.03. The number of anilines is 1. The van der Waals surface area contributed by atoms with Crippen molar-refractivity contribution in [1.82, 2.24) is 15.1 Å². The molecule has 3 heterocycles. The van der Waals surface area contributed by atoms with E-state index in [4.69, 9.17) is 4.74 Å². The fourth-order valence-electron chi connectivity index (χ4n) is 7.33. The summed E-state index contributed by atoms with van der Waals surface area (Å²) < 4.78 is 63.8. The van der Waals surface area contributed by atoms with Crippen LogP contribution in [0.25, 0.3) is 0 Å². The van der Waals surface area contributed by atoms with Gasteiger partial charge in [0.25, 0.3) is 5.91 Å².